The van der Waals surface area contributed by atoms with Crippen LogP contribution in [-0.2, 0) is 4.79 Å². The first-order valence-corrected chi connectivity index (χ1v) is 8.20. The molecule has 1 unspecified atom stereocenters. The van der Waals surface area contributed by atoms with Crippen molar-refractivity contribution < 1.29 is 4.79 Å². The van der Waals surface area contributed by atoms with Crippen LogP contribution in [0.4, 0.5) is 11.8 Å². The van der Waals surface area contributed by atoms with Crippen LogP contribution in [0.1, 0.15) is 36.9 Å². The fourth-order valence-electron chi connectivity index (χ4n) is 3.37. The third-order valence-electron chi connectivity index (χ3n) is 4.86. The standard InChI is InChI=1S/C16H25N5O/c1-11-12(2)18-16(20-7-3-4-8-20)19-15(11)21-9-5-6-13(10-21)14(17)22/h13H,3-10H2,1-2H3,(H2,17,22). The van der Waals surface area contributed by atoms with Crippen molar-refractivity contribution >= 4 is 17.7 Å². The van der Waals surface area contributed by atoms with Gasteiger partial charge in [0.1, 0.15) is 5.82 Å². The molecule has 3 heterocycles. The second-order valence-electron chi connectivity index (χ2n) is 6.44. The quantitative estimate of drug-likeness (QED) is 0.913. The number of nitrogens with zero attached hydrogens (tertiary/aromatic N) is 4. The Hall–Kier alpha value is -1.85. The molecule has 2 aliphatic rings. The predicted molar refractivity (Wildman–Crippen MR) is 87.1 cm³/mol. The lowest BCUT2D eigenvalue weighted by atomic mass is 9.97. The highest BCUT2D eigenvalue weighted by Gasteiger charge is 2.27. The van der Waals surface area contributed by atoms with Gasteiger partial charge in [-0.15, -0.1) is 0 Å². The molecule has 0 spiro atoms. The van der Waals surface area contributed by atoms with E-state index in [1.807, 2.05) is 6.92 Å². The Morgan fingerprint density at radius 3 is 2.45 bits per heavy atom. The van der Waals surface area contributed by atoms with Gasteiger partial charge in [-0.1, -0.05) is 0 Å². The van der Waals surface area contributed by atoms with Gasteiger partial charge in [0.05, 0.1) is 5.92 Å². The summed E-state index contributed by atoms with van der Waals surface area (Å²) < 4.78 is 0. The predicted octanol–water partition coefficient (Wildman–Crippen LogP) is 1.40. The number of piperidine rings is 1. The van der Waals surface area contributed by atoms with Crippen LogP contribution in [-0.4, -0.2) is 42.1 Å². The van der Waals surface area contributed by atoms with E-state index in [2.05, 4.69) is 21.7 Å². The van der Waals surface area contributed by atoms with Gasteiger partial charge < -0.3 is 15.5 Å². The number of aromatic nitrogens is 2. The molecule has 1 aromatic rings. The zero-order valence-electron chi connectivity index (χ0n) is 13.5. The highest BCUT2D eigenvalue weighted by molar-refractivity contribution is 5.77. The van der Waals surface area contributed by atoms with E-state index in [4.69, 9.17) is 10.7 Å². The van der Waals surface area contributed by atoms with Crippen LogP contribution >= 0.6 is 0 Å². The molecule has 0 aromatic carbocycles. The van der Waals surface area contributed by atoms with Gasteiger partial charge in [-0.25, -0.2) is 4.98 Å². The third kappa shape index (κ3) is 2.87. The smallest absolute Gasteiger partial charge is 0.227 e. The molecule has 2 saturated heterocycles. The van der Waals surface area contributed by atoms with Gasteiger partial charge in [-0.3, -0.25) is 4.79 Å². The van der Waals surface area contributed by atoms with Gasteiger partial charge in [0.25, 0.3) is 0 Å². The Labute approximate surface area is 131 Å². The van der Waals surface area contributed by atoms with Crippen LogP contribution in [0.3, 0.4) is 0 Å². The van der Waals surface area contributed by atoms with Gasteiger partial charge in [-0.2, -0.15) is 4.98 Å². The number of aryl methyl sites for hydroxylation is 1. The zero-order valence-corrected chi connectivity index (χ0v) is 13.5. The number of primary amides is 1. The first-order chi connectivity index (χ1) is 10.6. The first-order valence-electron chi connectivity index (χ1n) is 8.20. The summed E-state index contributed by atoms with van der Waals surface area (Å²) in [5.41, 5.74) is 7.62. The molecule has 120 valence electrons. The summed E-state index contributed by atoms with van der Waals surface area (Å²) in [6.07, 6.45) is 4.28. The average Bonchev–Trinajstić information content (AvgIpc) is 3.04. The minimum Gasteiger partial charge on any atom is -0.369 e. The van der Waals surface area contributed by atoms with E-state index >= 15 is 0 Å². The van der Waals surface area contributed by atoms with E-state index in [-0.39, 0.29) is 11.8 Å². The lowest BCUT2D eigenvalue weighted by Crippen LogP contribution is -2.42. The van der Waals surface area contributed by atoms with Gasteiger partial charge in [0.15, 0.2) is 0 Å². The molecule has 0 radical (unpaired) electrons. The normalized spacial score (nSPS) is 22.2. The number of rotatable bonds is 3. The topological polar surface area (TPSA) is 75.3 Å². The molecule has 0 saturated carbocycles. The molecule has 6 nitrogen and oxygen atoms in total. The molecule has 0 bridgehead atoms. The second kappa shape index (κ2) is 6.10. The molecular formula is C16H25N5O. The maximum absolute atomic E-state index is 11.5. The number of nitrogens with two attached hydrogens (primary N) is 1. The molecule has 3 rings (SSSR count). The largest absolute Gasteiger partial charge is 0.369 e. The third-order valence-corrected chi connectivity index (χ3v) is 4.86. The summed E-state index contributed by atoms with van der Waals surface area (Å²) in [5, 5.41) is 0. The summed E-state index contributed by atoms with van der Waals surface area (Å²) in [6.45, 7) is 7.77. The van der Waals surface area contributed by atoms with Crippen molar-refractivity contribution in [3.8, 4) is 0 Å². The Morgan fingerprint density at radius 1 is 1.09 bits per heavy atom. The SMILES string of the molecule is Cc1nc(N2CCCC2)nc(N2CCCC(C(N)=O)C2)c1C. The second-order valence-corrected chi connectivity index (χ2v) is 6.44. The van der Waals surface area contributed by atoms with Crippen LogP contribution in [0, 0.1) is 19.8 Å². The van der Waals surface area contributed by atoms with Gasteiger partial charge in [-0.05, 0) is 39.5 Å². The fourth-order valence-corrected chi connectivity index (χ4v) is 3.37. The van der Waals surface area contributed by atoms with E-state index < -0.39 is 0 Å². The van der Waals surface area contributed by atoms with E-state index in [0.717, 1.165) is 55.5 Å². The van der Waals surface area contributed by atoms with Crippen molar-refractivity contribution in [2.75, 3.05) is 36.0 Å². The first kappa shape index (κ1) is 15.1. The maximum Gasteiger partial charge on any atom is 0.227 e. The number of carbonyl (C=O) groups is 1. The van der Waals surface area contributed by atoms with E-state index in [1.54, 1.807) is 0 Å². The Bertz CT molecular complexity index is 568. The van der Waals surface area contributed by atoms with Crippen molar-refractivity contribution in [2.45, 2.75) is 39.5 Å². The number of hydrogen-bond acceptors (Lipinski definition) is 5. The molecule has 6 heteroatoms. The molecule has 1 atom stereocenters. The van der Waals surface area contributed by atoms with Crippen molar-refractivity contribution in [2.24, 2.45) is 11.7 Å². The average molecular weight is 303 g/mol. The number of hydrogen-bond donors (Lipinski definition) is 1. The van der Waals surface area contributed by atoms with Crippen molar-refractivity contribution in [3.05, 3.63) is 11.3 Å². The molecule has 2 aliphatic heterocycles. The molecule has 2 N–H and O–H groups in total. The molecule has 2 fully saturated rings. The Kier molecular flexibility index (Phi) is 4.18. The molecule has 22 heavy (non-hydrogen) atoms. The van der Waals surface area contributed by atoms with E-state index in [9.17, 15) is 4.79 Å². The van der Waals surface area contributed by atoms with Crippen LogP contribution in [0.15, 0.2) is 0 Å². The monoisotopic (exact) mass is 303 g/mol. The summed E-state index contributed by atoms with van der Waals surface area (Å²) in [6, 6.07) is 0. The summed E-state index contributed by atoms with van der Waals surface area (Å²) in [4.78, 5) is 25.5. The minimum absolute atomic E-state index is 0.0707. The minimum atomic E-state index is -0.201. The van der Waals surface area contributed by atoms with Crippen LogP contribution < -0.4 is 15.5 Å². The molecular weight excluding hydrogens is 278 g/mol. The van der Waals surface area contributed by atoms with Gasteiger partial charge in [0.2, 0.25) is 11.9 Å². The molecule has 1 aromatic heterocycles. The van der Waals surface area contributed by atoms with Gasteiger partial charge in [0, 0.05) is 37.4 Å². The van der Waals surface area contributed by atoms with E-state index in [0.29, 0.717) is 6.54 Å². The number of carbonyl (C=O) groups excluding carboxylic acids is 1. The highest BCUT2D eigenvalue weighted by Crippen LogP contribution is 2.28. The van der Waals surface area contributed by atoms with E-state index in [1.165, 1.54) is 12.8 Å². The Morgan fingerprint density at radius 2 is 1.77 bits per heavy atom. The fraction of sp³-hybridized carbons (Fsp3) is 0.688. The highest BCUT2D eigenvalue weighted by atomic mass is 16.1. The molecule has 1 amide bonds. The van der Waals surface area contributed by atoms with Crippen molar-refractivity contribution in [3.63, 3.8) is 0 Å². The van der Waals surface area contributed by atoms with Crippen LogP contribution in [0.25, 0.3) is 0 Å². The lowest BCUT2D eigenvalue weighted by molar-refractivity contribution is -0.122. The lowest BCUT2D eigenvalue weighted by Gasteiger charge is -2.33. The Balaban J connectivity index is 1.89. The van der Waals surface area contributed by atoms with Crippen LogP contribution in [0.2, 0.25) is 0 Å². The zero-order chi connectivity index (χ0) is 15.7. The number of anilines is 2. The maximum atomic E-state index is 11.5. The van der Waals surface area contributed by atoms with Gasteiger partial charge >= 0.3 is 0 Å². The van der Waals surface area contributed by atoms with Crippen LogP contribution in [0.5, 0.6) is 0 Å². The molecule has 0 aliphatic carbocycles. The summed E-state index contributed by atoms with van der Waals surface area (Å²) >= 11 is 0. The summed E-state index contributed by atoms with van der Waals surface area (Å²) in [5.74, 6) is 1.53. The van der Waals surface area contributed by atoms with Crippen molar-refractivity contribution in [1.29, 1.82) is 0 Å². The summed E-state index contributed by atoms with van der Waals surface area (Å²) in [7, 11) is 0. The number of amides is 1. The van der Waals surface area contributed by atoms with Crippen molar-refractivity contribution in [1.82, 2.24) is 9.97 Å².